The molecule has 10 heteroatoms. The number of alkyl halides is 4. The van der Waals surface area contributed by atoms with E-state index in [9.17, 15) is 13.2 Å². The number of ether oxygens (including phenoxy) is 1. The van der Waals surface area contributed by atoms with Crippen molar-refractivity contribution in [3.8, 4) is 5.88 Å². The van der Waals surface area contributed by atoms with Crippen LogP contribution in [0.4, 0.5) is 13.2 Å². The number of rotatable bonds is 3. The van der Waals surface area contributed by atoms with Gasteiger partial charge in [-0.1, -0.05) is 0 Å². The molecule has 3 rings (SSSR count). The maximum atomic E-state index is 13.1. The molecule has 0 amide bonds. The third-order valence-corrected chi connectivity index (χ3v) is 2.88. The SMILES string of the molecule is CC(Cl)COc1nc2cccnc2n2c(C(F)(F)F)nnc12. The summed E-state index contributed by atoms with van der Waals surface area (Å²) in [5, 5.41) is 6.40. The molecule has 0 aliphatic rings. The summed E-state index contributed by atoms with van der Waals surface area (Å²) in [7, 11) is 0. The first-order valence-electron chi connectivity index (χ1n) is 6.22. The molecule has 0 aliphatic heterocycles. The smallest absolute Gasteiger partial charge is 0.452 e. The Morgan fingerprint density at radius 3 is 2.77 bits per heavy atom. The highest BCUT2D eigenvalue weighted by atomic mass is 35.5. The molecule has 0 N–H and O–H groups in total. The second kappa shape index (κ2) is 5.24. The van der Waals surface area contributed by atoms with E-state index in [0.717, 1.165) is 4.40 Å². The minimum atomic E-state index is -4.68. The Morgan fingerprint density at radius 2 is 2.09 bits per heavy atom. The van der Waals surface area contributed by atoms with Gasteiger partial charge in [0.1, 0.15) is 12.1 Å². The highest BCUT2D eigenvalue weighted by Gasteiger charge is 2.38. The fourth-order valence-corrected chi connectivity index (χ4v) is 1.97. The first-order chi connectivity index (χ1) is 10.4. The molecule has 3 aromatic heterocycles. The van der Waals surface area contributed by atoms with Crippen LogP contribution in [0.3, 0.4) is 0 Å². The van der Waals surface area contributed by atoms with Gasteiger partial charge in [-0.05, 0) is 19.1 Å². The maximum Gasteiger partial charge on any atom is 0.452 e. The van der Waals surface area contributed by atoms with Crippen molar-refractivity contribution in [1.29, 1.82) is 0 Å². The number of nitrogens with zero attached hydrogens (tertiary/aromatic N) is 5. The van der Waals surface area contributed by atoms with Gasteiger partial charge in [0.05, 0.1) is 5.38 Å². The molecule has 0 spiro atoms. The Balaban J connectivity index is 2.30. The standard InChI is InChI=1S/C12H9ClF3N5O/c1-6(13)5-22-10-9-19-20-11(12(14,15)16)21(9)8-7(18-10)3-2-4-17-8/h2-4,6H,5H2,1H3. The Morgan fingerprint density at radius 1 is 1.32 bits per heavy atom. The van der Waals surface area contributed by atoms with Crippen LogP contribution in [0.5, 0.6) is 5.88 Å². The molecule has 22 heavy (non-hydrogen) atoms. The van der Waals surface area contributed by atoms with E-state index in [-0.39, 0.29) is 34.7 Å². The third-order valence-electron chi connectivity index (χ3n) is 2.76. The molecule has 3 heterocycles. The zero-order chi connectivity index (χ0) is 15.9. The average molecular weight is 332 g/mol. The average Bonchev–Trinajstić information content (AvgIpc) is 2.90. The van der Waals surface area contributed by atoms with Gasteiger partial charge in [0, 0.05) is 6.20 Å². The molecule has 6 nitrogen and oxygen atoms in total. The van der Waals surface area contributed by atoms with Crippen molar-refractivity contribution in [2.24, 2.45) is 0 Å². The summed E-state index contributed by atoms with van der Waals surface area (Å²) in [6.07, 6.45) is -3.31. The van der Waals surface area contributed by atoms with Crippen molar-refractivity contribution >= 4 is 28.4 Å². The lowest BCUT2D eigenvalue weighted by Crippen LogP contribution is -2.13. The van der Waals surface area contributed by atoms with E-state index in [2.05, 4.69) is 20.2 Å². The maximum absolute atomic E-state index is 13.1. The number of hydrogen-bond acceptors (Lipinski definition) is 5. The summed E-state index contributed by atoms with van der Waals surface area (Å²) in [5.74, 6) is -1.26. The van der Waals surface area contributed by atoms with Crippen LogP contribution in [0.15, 0.2) is 18.3 Å². The summed E-state index contributed by atoms with van der Waals surface area (Å²) in [6.45, 7) is 1.76. The van der Waals surface area contributed by atoms with Crippen LogP contribution >= 0.6 is 11.6 Å². The quantitative estimate of drug-likeness (QED) is 0.690. The van der Waals surface area contributed by atoms with Gasteiger partial charge in [0.15, 0.2) is 5.65 Å². The van der Waals surface area contributed by atoms with Crippen molar-refractivity contribution in [1.82, 2.24) is 24.6 Å². The molecule has 0 aromatic carbocycles. The van der Waals surface area contributed by atoms with Crippen LogP contribution < -0.4 is 4.74 Å². The van der Waals surface area contributed by atoms with Crippen molar-refractivity contribution in [3.05, 3.63) is 24.2 Å². The van der Waals surface area contributed by atoms with Crippen molar-refractivity contribution in [2.75, 3.05) is 6.61 Å². The van der Waals surface area contributed by atoms with Gasteiger partial charge in [-0.15, -0.1) is 21.8 Å². The second-order valence-electron chi connectivity index (χ2n) is 4.54. The number of hydrogen-bond donors (Lipinski definition) is 0. The van der Waals surface area contributed by atoms with Gasteiger partial charge in [0.25, 0.3) is 5.88 Å². The van der Waals surface area contributed by atoms with Gasteiger partial charge in [-0.3, -0.25) is 0 Å². The fourth-order valence-electron chi connectivity index (χ4n) is 1.91. The van der Waals surface area contributed by atoms with Crippen molar-refractivity contribution in [2.45, 2.75) is 18.5 Å². The number of fused-ring (bicyclic) bond motifs is 3. The highest BCUT2D eigenvalue weighted by molar-refractivity contribution is 6.20. The monoisotopic (exact) mass is 331 g/mol. The molecule has 1 unspecified atom stereocenters. The zero-order valence-electron chi connectivity index (χ0n) is 11.2. The van der Waals surface area contributed by atoms with E-state index in [0.29, 0.717) is 0 Å². The molecule has 0 saturated heterocycles. The van der Waals surface area contributed by atoms with Crippen LogP contribution in [0, 0.1) is 0 Å². The molecular weight excluding hydrogens is 323 g/mol. The van der Waals surface area contributed by atoms with Crippen LogP contribution in [-0.2, 0) is 6.18 Å². The van der Waals surface area contributed by atoms with Crippen LogP contribution in [0.2, 0.25) is 0 Å². The lowest BCUT2D eigenvalue weighted by molar-refractivity contribution is -0.145. The Kier molecular flexibility index (Phi) is 3.51. The molecule has 0 saturated carbocycles. The van der Waals surface area contributed by atoms with Gasteiger partial charge in [0.2, 0.25) is 11.5 Å². The van der Waals surface area contributed by atoms with E-state index in [1.54, 1.807) is 13.0 Å². The fraction of sp³-hybridized carbons (Fsp3) is 0.333. The van der Waals surface area contributed by atoms with Crippen LogP contribution in [0.1, 0.15) is 12.7 Å². The number of aromatic nitrogens is 5. The summed E-state index contributed by atoms with van der Waals surface area (Å²) in [6, 6.07) is 3.09. The van der Waals surface area contributed by atoms with Crippen LogP contribution in [-0.4, -0.2) is 36.5 Å². The minimum Gasteiger partial charge on any atom is -0.473 e. The van der Waals surface area contributed by atoms with Gasteiger partial charge < -0.3 is 4.74 Å². The van der Waals surface area contributed by atoms with Gasteiger partial charge in [-0.25, -0.2) is 14.4 Å². The first-order valence-corrected chi connectivity index (χ1v) is 6.65. The Bertz CT molecular complexity index is 833. The third kappa shape index (κ3) is 2.52. The molecule has 116 valence electrons. The lowest BCUT2D eigenvalue weighted by atomic mass is 10.4. The second-order valence-corrected chi connectivity index (χ2v) is 5.28. The molecule has 0 aliphatic carbocycles. The first kappa shape index (κ1) is 14.8. The van der Waals surface area contributed by atoms with Gasteiger partial charge in [-0.2, -0.15) is 13.2 Å². The summed E-state index contributed by atoms with van der Waals surface area (Å²) in [4.78, 5) is 8.07. The Hall–Kier alpha value is -2.16. The molecule has 0 fully saturated rings. The molecule has 0 radical (unpaired) electrons. The zero-order valence-corrected chi connectivity index (χ0v) is 11.9. The molecular formula is C12H9ClF3N5O. The van der Waals surface area contributed by atoms with E-state index in [4.69, 9.17) is 16.3 Å². The number of pyridine rings is 1. The van der Waals surface area contributed by atoms with Crippen molar-refractivity contribution < 1.29 is 17.9 Å². The minimum absolute atomic E-state index is 0.00102. The van der Waals surface area contributed by atoms with E-state index >= 15 is 0 Å². The normalized spacial score (nSPS) is 13.7. The Labute approximate surface area is 126 Å². The number of halogens is 4. The topological polar surface area (TPSA) is 65.2 Å². The summed E-state index contributed by atoms with van der Waals surface area (Å²) >= 11 is 5.79. The van der Waals surface area contributed by atoms with E-state index < -0.39 is 12.0 Å². The molecule has 1 atom stereocenters. The van der Waals surface area contributed by atoms with Crippen LogP contribution in [0.25, 0.3) is 16.8 Å². The van der Waals surface area contributed by atoms with E-state index in [1.165, 1.54) is 12.3 Å². The highest BCUT2D eigenvalue weighted by Crippen LogP contribution is 2.31. The summed E-state index contributed by atoms with van der Waals surface area (Å²) in [5.41, 5.74) is 0.0782. The predicted molar refractivity (Wildman–Crippen MR) is 71.9 cm³/mol. The molecule has 3 aromatic rings. The molecule has 0 bridgehead atoms. The van der Waals surface area contributed by atoms with Gasteiger partial charge >= 0.3 is 6.18 Å². The van der Waals surface area contributed by atoms with Crippen molar-refractivity contribution in [3.63, 3.8) is 0 Å². The van der Waals surface area contributed by atoms with E-state index in [1.807, 2.05) is 0 Å². The lowest BCUT2D eigenvalue weighted by Gasteiger charge is -2.10. The summed E-state index contributed by atoms with van der Waals surface area (Å²) < 4.78 is 45.4. The predicted octanol–water partition coefficient (Wildman–Crippen LogP) is 2.70. The largest absolute Gasteiger partial charge is 0.473 e.